The Morgan fingerprint density at radius 3 is 2.55 bits per heavy atom. The van der Waals surface area contributed by atoms with Gasteiger partial charge in [0.25, 0.3) is 0 Å². The van der Waals surface area contributed by atoms with Gasteiger partial charge >= 0.3 is 132 Å². The molecule has 4 aliphatic carbocycles. The van der Waals surface area contributed by atoms with Crippen LogP contribution in [0.1, 0.15) is 39.0 Å². The SMILES string of the molecule is C=C(C)C(=O)OC1([I-]C)CC2CC1C1C3CCC(C3)C21. The van der Waals surface area contributed by atoms with Crippen LogP contribution in [0, 0.1) is 35.5 Å². The summed E-state index contributed by atoms with van der Waals surface area (Å²) in [6.07, 6.45) is 6.93. The molecule has 0 aromatic heterocycles. The Balaban J connectivity index is 1.62. The molecule has 3 heteroatoms. The number of halogens is 1. The molecule has 0 amide bonds. The van der Waals surface area contributed by atoms with Crippen molar-refractivity contribution in [1.82, 2.24) is 0 Å². The predicted octanol–water partition coefficient (Wildman–Crippen LogP) is 0.223. The van der Waals surface area contributed by atoms with E-state index < -0.39 is 0 Å². The third-order valence-corrected chi connectivity index (χ3v) is 9.92. The van der Waals surface area contributed by atoms with Gasteiger partial charge in [0.15, 0.2) is 0 Å². The van der Waals surface area contributed by atoms with Gasteiger partial charge in [-0.15, -0.1) is 0 Å². The number of fused-ring (bicyclic) bond motifs is 9. The molecule has 0 aliphatic heterocycles. The van der Waals surface area contributed by atoms with Crippen molar-refractivity contribution < 1.29 is 30.7 Å². The summed E-state index contributed by atoms with van der Waals surface area (Å²) in [6, 6.07) is 0. The van der Waals surface area contributed by atoms with Crippen molar-refractivity contribution in [1.29, 1.82) is 0 Å². The van der Waals surface area contributed by atoms with Crippen LogP contribution in [-0.2, 0) is 9.53 Å². The average molecular weight is 387 g/mol. The minimum absolute atomic E-state index is 0.0504. The number of rotatable bonds is 3. The van der Waals surface area contributed by atoms with E-state index in [1.807, 2.05) is 0 Å². The number of esters is 1. The van der Waals surface area contributed by atoms with Crippen LogP contribution in [0.2, 0.25) is 0 Å². The van der Waals surface area contributed by atoms with Gasteiger partial charge in [-0.1, -0.05) is 0 Å². The van der Waals surface area contributed by atoms with Crippen LogP contribution in [-0.4, -0.2) is 14.5 Å². The second-order valence-corrected chi connectivity index (χ2v) is 10.3. The van der Waals surface area contributed by atoms with E-state index >= 15 is 0 Å². The van der Waals surface area contributed by atoms with Crippen molar-refractivity contribution in [3.05, 3.63) is 12.2 Å². The summed E-state index contributed by atoms with van der Waals surface area (Å²) in [7, 11) is 0. The Morgan fingerprint density at radius 2 is 1.90 bits per heavy atom. The summed E-state index contributed by atoms with van der Waals surface area (Å²) in [5.74, 6) is 5.27. The molecule has 112 valence electrons. The minimum atomic E-state index is -0.140. The Kier molecular flexibility index (Phi) is 3.04. The zero-order valence-corrected chi connectivity index (χ0v) is 14.6. The van der Waals surface area contributed by atoms with Crippen LogP contribution >= 0.6 is 0 Å². The van der Waals surface area contributed by atoms with Crippen molar-refractivity contribution in [2.75, 3.05) is 4.93 Å². The van der Waals surface area contributed by atoms with Crippen molar-refractivity contribution in [3.8, 4) is 0 Å². The second kappa shape index (κ2) is 4.47. The quantitative estimate of drug-likeness (QED) is 0.228. The van der Waals surface area contributed by atoms with Crippen LogP contribution in [0.3, 0.4) is 0 Å². The molecule has 20 heavy (non-hydrogen) atoms. The Labute approximate surface area is 132 Å². The summed E-state index contributed by atoms with van der Waals surface area (Å²) in [6.45, 7) is 5.54. The molecule has 0 aromatic carbocycles. The Hall–Kier alpha value is -0.0600. The fourth-order valence-electron chi connectivity index (χ4n) is 6.12. The van der Waals surface area contributed by atoms with Gasteiger partial charge in [-0.3, -0.25) is 0 Å². The average Bonchev–Trinajstić information content (AvgIpc) is 3.15. The number of ether oxygens (including phenoxy) is 1. The first-order chi connectivity index (χ1) is 9.55. The van der Waals surface area contributed by atoms with Gasteiger partial charge in [-0.25, -0.2) is 0 Å². The van der Waals surface area contributed by atoms with E-state index in [0.29, 0.717) is 11.5 Å². The van der Waals surface area contributed by atoms with Gasteiger partial charge in [0.05, 0.1) is 0 Å². The molecule has 4 rings (SSSR count). The molecule has 2 nitrogen and oxygen atoms in total. The molecule has 4 fully saturated rings. The first-order valence-corrected chi connectivity index (χ1v) is 11.2. The van der Waals surface area contributed by atoms with Gasteiger partial charge in [-0.2, -0.15) is 0 Å². The van der Waals surface area contributed by atoms with E-state index in [0.717, 1.165) is 29.6 Å². The molecular weight excluding hydrogens is 363 g/mol. The fourth-order valence-corrected chi connectivity index (χ4v) is 9.02. The first kappa shape index (κ1) is 13.6. The van der Waals surface area contributed by atoms with Crippen LogP contribution in [0.25, 0.3) is 0 Å². The molecule has 4 bridgehead atoms. The van der Waals surface area contributed by atoms with E-state index in [9.17, 15) is 4.79 Å². The van der Waals surface area contributed by atoms with Crippen LogP contribution < -0.4 is 21.2 Å². The monoisotopic (exact) mass is 387 g/mol. The molecular formula is C17H24IO2-. The van der Waals surface area contributed by atoms with E-state index in [4.69, 9.17) is 4.74 Å². The predicted molar refractivity (Wildman–Crippen MR) is 73.6 cm³/mol. The third-order valence-electron chi connectivity index (χ3n) is 6.64. The number of hydrogen-bond donors (Lipinski definition) is 0. The molecule has 0 spiro atoms. The molecule has 0 aromatic rings. The third kappa shape index (κ3) is 1.65. The maximum atomic E-state index is 12.1. The van der Waals surface area contributed by atoms with E-state index in [2.05, 4.69) is 11.5 Å². The molecule has 0 saturated heterocycles. The zero-order valence-electron chi connectivity index (χ0n) is 12.4. The molecule has 4 aliphatic rings. The van der Waals surface area contributed by atoms with Gasteiger partial charge in [-0.05, 0) is 0 Å². The molecule has 7 unspecified atom stereocenters. The summed E-state index contributed by atoms with van der Waals surface area (Å²) in [5, 5.41) is 0. The number of hydrogen-bond acceptors (Lipinski definition) is 2. The van der Waals surface area contributed by atoms with E-state index in [1.165, 1.54) is 32.1 Å². The Morgan fingerprint density at radius 1 is 1.20 bits per heavy atom. The number of carbonyl (C=O) groups excluding carboxylic acids is 1. The topological polar surface area (TPSA) is 26.3 Å². The molecule has 0 heterocycles. The molecule has 7 atom stereocenters. The number of alkyl halides is 2. The first-order valence-electron chi connectivity index (χ1n) is 7.95. The van der Waals surface area contributed by atoms with Crippen LogP contribution in [0.4, 0.5) is 0 Å². The summed E-state index contributed by atoms with van der Waals surface area (Å²) < 4.78 is 6.02. The normalized spacial score (nSPS) is 51.5. The van der Waals surface area contributed by atoms with Crippen molar-refractivity contribution >= 4 is 5.97 Å². The fraction of sp³-hybridized carbons (Fsp3) is 0.824. The van der Waals surface area contributed by atoms with Crippen molar-refractivity contribution in [2.24, 2.45) is 35.5 Å². The summed E-state index contributed by atoms with van der Waals surface area (Å²) in [5.41, 5.74) is 0.564. The van der Waals surface area contributed by atoms with Crippen LogP contribution in [0.5, 0.6) is 0 Å². The zero-order chi connectivity index (χ0) is 14.1. The maximum absolute atomic E-state index is 12.1. The van der Waals surface area contributed by atoms with Gasteiger partial charge in [0.1, 0.15) is 0 Å². The number of carbonyl (C=O) groups is 1. The molecule has 0 N–H and O–H groups in total. The van der Waals surface area contributed by atoms with E-state index in [-0.39, 0.29) is 30.8 Å². The molecule has 0 radical (unpaired) electrons. The van der Waals surface area contributed by atoms with Gasteiger partial charge < -0.3 is 0 Å². The standard InChI is InChI=1S/C17H24IO2/c1-9(2)16(19)20-17(18-3)8-12-7-13(17)15-11-5-4-10(6-11)14(12)15/h10-15H,1,4-8H2,2-3H3/q-1. The van der Waals surface area contributed by atoms with E-state index in [1.54, 1.807) is 6.92 Å². The van der Waals surface area contributed by atoms with Gasteiger partial charge in [0, 0.05) is 0 Å². The van der Waals surface area contributed by atoms with Crippen LogP contribution in [0.15, 0.2) is 12.2 Å². The summed E-state index contributed by atoms with van der Waals surface area (Å²) >= 11 is -0.0772. The van der Waals surface area contributed by atoms with Crippen molar-refractivity contribution in [3.63, 3.8) is 0 Å². The molecule has 4 saturated carbocycles. The Bertz CT molecular complexity index is 474. The van der Waals surface area contributed by atoms with Gasteiger partial charge in [0.2, 0.25) is 0 Å². The summed E-state index contributed by atoms with van der Waals surface area (Å²) in [4.78, 5) is 14.4. The second-order valence-electron chi connectivity index (χ2n) is 7.44. The van der Waals surface area contributed by atoms with Crippen molar-refractivity contribution in [2.45, 2.75) is 42.6 Å².